The highest BCUT2D eigenvalue weighted by atomic mass is 35.5. The summed E-state index contributed by atoms with van der Waals surface area (Å²) in [5.41, 5.74) is 1.04. The van der Waals surface area contributed by atoms with E-state index in [2.05, 4.69) is 17.5 Å². The van der Waals surface area contributed by atoms with E-state index in [1.165, 1.54) is 4.88 Å². The van der Waals surface area contributed by atoms with E-state index in [4.69, 9.17) is 16.3 Å². The zero-order valence-corrected chi connectivity index (χ0v) is 15.6. The van der Waals surface area contributed by atoms with E-state index in [0.29, 0.717) is 11.6 Å². The molecule has 2 aromatic rings. The summed E-state index contributed by atoms with van der Waals surface area (Å²) in [6, 6.07) is 9.94. The Balaban J connectivity index is 1.33. The van der Waals surface area contributed by atoms with Crippen molar-refractivity contribution in [3.8, 4) is 5.75 Å². The van der Waals surface area contributed by atoms with E-state index in [1.54, 1.807) is 4.90 Å². The van der Waals surface area contributed by atoms with Gasteiger partial charge in [0.05, 0.1) is 37.0 Å². The molecule has 1 N–H and O–H groups in total. The summed E-state index contributed by atoms with van der Waals surface area (Å²) in [6.07, 6.45) is 0.719. The van der Waals surface area contributed by atoms with Gasteiger partial charge in [0.2, 0.25) is 5.91 Å². The molecule has 132 valence electrons. The fourth-order valence-corrected chi connectivity index (χ4v) is 4.63. The van der Waals surface area contributed by atoms with Crippen LogP contribution in [0.1, 0.15) is 10.4 Å². The lowest BCUT2D eigenvalue weighted by atomic mass is 9.95. The van der Waals surface area contributed by atoms with Crippen LogP contribution >= 0.6 is 22.9 Å². The second-order valence-corrected chi connectivity index (χ2v) is 8.26. The fourth-order valence-electron chi connectivity index (χ4n) is 3.66. The topological polar surface area (TPSA) is 34.0 Å². The van der Waals surface area contributed by atoms with E-state index in [9.17, 15) is 4.79 Å². The molecule has 0 radical (unpaired) electrons. The smallest absolute Gasteiger partial charge is 0.229 e. The molecule has 0 aliphatic carbocycles. The standard InChI is InChI=1S/C19H21ClN2O2S/c20-16-3-4-18-14(11-16)10-15(13-24-18)19(23)22-7-5-21(6-8-22)12-17-2-1-9-25-17/h1-4,9,11,15H,5-8,10,12-13H2/p+1/t15-/m0/s1. The molecule has 3 heterocycles. The molecule has 0 spiro atoms. The minimum atomic E-state index is -0.0928. The Labute approximate surface area is 156 Å². The number of rotatable bonds is 3. The Hall–Kier alpha value is -1.56. The van der Waals surface area contributed by atoms with Gasteiger partial charge in [0.15, 0.2) is 0 Å². The molecule has 2 aliphatic rings. The second kappa shape index (κ2) is 7.36. The van der Waals surface area contributed by atoms with Crippen molar-refractivity contribution in [2.24, 2.45) is 5.92 Å². The van der Waals surface area contributed by atoms with Crippen molar-refractivity contribution >= 4 is 28.8 Å². The average molecular weight is 378 g/mol. The number of thiophene rings is 1. The lowest BCUT2D eigenvalue weighted by Crippen LogP contribution is -3.13. The molecule has 2 aliphatic heterocycles. The van der Waals surface area contributed by atoms with Gasteiger partial charge in [0.25, 0.3) is 0 Å². The second-order valence-electron chi connectivity index (χ2n) is 6.80. The minimum Gasteiger partial charge on any atom is -0.492 e. The molecule has 1 aromatic carbocycles. The van der Waals surface area contributed by atoms with Crippen molar-refractivity contribution in [1.29, 1.82) is 0 Å². The molecule has 1 fully saturated rings. The van der Waals surface area contributed by atoms with Crippen molar-refractivity contribution < 1.29 is 14.4 Å². The molecule has 1 saturated heterocycles. The van der Waals surface area contributed by atoms with Crippen molar-refractivity contribution in [3.63, 3.8) is 0 Å². The van der Waals surface area contributed by atoms with Crippen LogP contribution in [-0.4, -0.2) is 43.6 Å². The quantitative estimate of drug-likeness (QED) is 0.886. The number of amides is 1. The maximum Gasteiger partial charge on any atom is 0.229 e. The maximum absolute atomic E-state index is 12.9. The molecule has 4 rings (SSSR count). The monoisotopic (exact) mass is 377 g/mol. The summed E-state index contributed by atoms with van der Waals surface area (Å²) in [7, 11) is 0. The van der Waals surface area contributed by atoms with Gasteiger partial charge in [-0.25, -0.2) is 0 Å². The summed E-state index contributed by atoms with van der Waals surface area (Å²) in [5, 5.41) is 2.82. The number of hydrogen-bond donors (Lipinski definition) is 1. The van der Waals surface area contributed by atoms with E-state index >= 15 is 0 Å². The van der Waals surface area contributed by atoms with Gasteiger partial charge >= 0.3 is 0 Å². The van der Waals surface area contributed by atoms with Gasteiger partial charge < -0.3 is 14.5 Å². The normalized spacial score (nSPS) is 20.8. The summed E-state index contributed by atoms with van der Waals surface area (Å²) in [4.78, 5) is 17.9. The molecule has 0 saturated carbocycles. The molecule has 6 heteroatoms. The maximum atomic E-state index is 12.9. The van der Waals surface area contributed by atoms with Crippen LogP contribution in [0.4, 0.5) is 0 Å². The first kappa shape index (κ1) is 16.9. The first-order valence-electron chi connectivity index (χ1n) is 8.75. The summed E-state index contributed by atoms with van der Waals surface area (Å²) >= 11 is 7.89. The Morgan fingerprint density at radius 2 is 2.16 bits per heavy atom. The van der Waals surface area contributed by atoms with Crippen LogP contribution in [-0.2, 0) is 17.8 Å². The summed E-state index contributed by atoms with van der Waals surface area (Å²) in [6.45, 7) is 5.23. The Morgan fingerprint density at radius 3 is 2.92 bits per heavy atom. The number of piperazine rings is 1. The molecular weight excluding hydrogens is 356 g/mol. The zero-order chi connectivity index (χ0) is 17.2. The van der Waals surface area contributed by atoms with Crippen LogP contribution in [0.5, 0.6) is 5.75 Å². The van der Waals surface area contributed by atoms with Crippen LogP contribution in [0.2, 0.25) is 5.02 Å². The SMILES string of the molecule is O=C([C@@H]1COc2ccc(Cl)cc2C1)N1CC[NH+](Cc2cccs2)CC1. The van der Waals surface area contributed by atoms with Crippen LogP contribution in [0.15, 0.2) is 35.7 Å². The summed E-state index contributed by atoms with van der Waals surface area (Å²) < 4.78 is 5.78. The highest BCUT2D eigenvalue weighted by Gasteiger charge is 2.32. The number of ether oxygens (including phenoxy) is 1. The number of carbonyl (C=O) groups excluding carboxylic acids is 1. The molecule has 25 heavy (non-hydrogen) atoms. The largest absolute Gasteiger partial charge is 0.492 e. The average Bonchev–Trinajstić information content (AvgIpc) is 3.14. The molecule has 0 bridgehead atoms. The van der Waals surface area contributed by atoms with Gasteiger partial charge in [0.1, 0.15) is 18.9 Å². The van der Waals surface area contributed by atoms with Crippen LogP contribution in [0.3, 0.4) is 0 Å². The minimum absolute atomic E-state index is 0.0928. The van der Waals surface area contributed by atoms with E-state index < -0.39 is 0 Å². The molecular formula is C19H22ClN2O2S+. The molecule has 4 nitrogen and oxygen atoms in total. The lowest BCUT2D eigenvalue weighted by Gasteiger charge is -2.35. The van der Waals surface area contributed by atoms with Crippen molar-refractivity contribution in [2.45, 2.75) is 13.0 Å². The van der Waals surface area contributed by atoms with Crippen LogP contribution < -0.4 is 9.64 Å². The van der Waals surface area contributed by atoms with Gasteiger partial charge in [-0.2, -0.15) is 0 Å². The first-order valence-corrected chi connectivity index (χ1v) is 10.0. The molecule has 0 unspecified atom stereocenters. The van der Waals surface area contributed by atoms with Crippen LogP contribution in [0, 0.1) is 5.92 Å². The lowest BCUT2D eigenvalue weighted by molar-refractivity contribution is -0.917. The predicted octanol–water partition coefficient (Wildman–Crippen LogP) is 1.88. The third-order valence-corrected chi connectivity index (χ3v) is 6.18. The number of halogens is 1. The third-order valence-electron chi connectivity index (χ3n) is 5.06. The van der Waals surface area contributed by atoms with Gasteiger partial charge in [-0.05, 0) is 41.6 Å². The number of benzene rings is 1. The van der Waals surface area contributed by atoms with Gasteiger partial charge in [-0.1, -0.05) is 17.7 Å². The fraction of sp³-hybridized carbons (Fsp3) is 0.421. The number of fused-ring (bicyclic) bond motifs is 1. The predicted molar refractivity (Wildman–Crippen MR) is 99.4 cm³/mol. The van der Waals surface area contributed by atoms with Gasteiger partial charge in [0, 0.05) is 5.02 Å². The number of nitrogens with zero attached hydrogens (tertiary/aromatic N) is 1. The van der Waals surface area contributed by atoms with Crippen molar-refractivity contribution in [3.05, 3.63) is 51.2 Å². The molecule has 1 aromatic heterocycles. The Bertz CT molecular complexity index is 742. The number of carbonyl (C=O) groups is 1. The zero-order valence-electron chi connectivity index (χ0n) is 14.0. The Morgan fingerprint density at radius 1 is 1.32 bits per heavy atom. The van der Waals surface area contributed by atoms with Gasteiger partial charge in [-0.3, -0.25) is 4.79 Å². The van der Waals surface area contributed by atoms with Crippen molar-refractivity contribution in [1.82, 2.24) is 4.90 Å². The van der Waals surface area contributed by atoms with E-state index in [1.807, 2.05) is 34.4 Å². The number of quaternary nitrogens is 1. The van der Waals surface area contributed by atoms with Crippen LogP contribution in [0.25, 0.3) is 0 Å². The molecule has 1 atom stereocenters. The highest BCUT2D eigenvalue weighted by molar-refractivity contribution is 7.09. The van der Waals surface area contributed by atoms with E-state index in [-0.39, 0.29) is 11.8 Å². The number of hydrogen-bond acceptors (Lipinski definition) is 3. The summed E-state index contributed by atoms with van der Waals surface area (Å²) in [5.74, 6) is 0.990. The first-order chi connectivity index (χ1) is 12.2. The Kier molecular flexibility index (Phi) is 4.97. The third kappa shape index (κ3) is 3.84. The highest BCUT2D eigenvalue weighted by Crippen LogP contribution is 2.30. The van der Waals surface area contributed by atoms with Crippen molar-refractivity contribution in [2.75, 3.05) is 32.8 Å². The van der Waals surface area contributed by atoms with Gasteiger partial charge in [-0.15, -0.1) is 11.3 Å². The van der Waals surface area contributed by atoms with E-state index in [0.717, 1.165) is 50.5 Å². The molecule has 1 amide bonds. The number of nitrogens with one attached hydrogen (secondary N) is 1.